The van der Waals surface area contributed by atoms with Gasteiger partial charge in [0.05, 0.1) is 6.61 Å². The number of anilines is 1. The summed E-state index contributed by atoms with van der Waals surface area (Å²) >= 11 is 0. The summed E-state index contributed by atoms with van der Waals surface area (Å²) in [7, 11) is 0. The number of hydrogen-bond donors (Lipinski definition) is 5. The highest BCUT2D eigenvalue weighted by molar-refractivity contribution is 5.53. The highest BCUT2D eigenvalue weighted by Gasteiger charge is 2.59. The molecule has 124 valence electrons. The summed E-state index contributed by atoms with van der Waals surface area (Å²) < 4.78 is 32.7. The van der Waals surface area contributed by atoms with Crippen LogP contribution >= 0.6 is 0 Å². The van der Waals surface area contributed by atoms with Crippen LogP contribution in [0.5, 0.6) is 0 Å². The summed E-state index contributed by atoms with van der Waals surface area (Å²) in [5, 5.41) is 32.0. The van der Waals surface area contributed by atoms with E-state index >= 15 is 0 Å². The van der Waals surface area contributed by atoms with Gasteiger partial charge in [-0.15, -0.1) is 0 Å². The first-order chi connectivity index (χ1) is 10.1. The first-order valence-corrected chi connectivity index (χ1v) is 5.70. The largest absolute Gasteiger partial charge is 0.503 e. The number of nitrogens with two attached hydrogens (primary N) is 1. The summed E-state index contributed by atoms with van der Waals surface area (Å²) in [5.41, 5.74) is 4.21. The molecule has 0 amide bonds. The van der Waals surface area contributed by atoms with Crippen molar-refractivity contribution in [2.24, 2.45) is 0 Å². The van der Waals surface area contributed by atoms with Crippen molar-refractivity contribution in [3.05, 3.63) is 22.7 Å². The fourth-order valence-electron chi connectivity index (χ4n) is 1.72. The number of nitrogens with zero attached hydrogens (tertiary/aromatic N) is 2. The summed E-state index contributed by atoms with van der Waals surface area (Å²) in [6, 6.07) is 1.15. The van der Waals surface area contributed by atoms with Gasteiger partial charge in [0.25, 0.3) is 0 Å². The number of aromatic nitrogens is 2. The van der Waals surface area contributed by atoms with E-state index in [1.807, 2.05) is 0 Å². The summed E-state index contributed by atoms with van der Waals surface area (Å²) in [6.07, 6.45) is -6.52. The Bertz CT molecular complexity index is 590. The number of carboxylic acid groups (broad SMARTS) is 2. The Morgan fingerprint density at radius 3 is 2.45 bits per heavy atom. The van der Waals surface area contributed by atoms with Crippen LogP contribution in [0.3, 0.4) is 0 Å². The Kier molecular flexibility index (Phi) is 5.35. The van der Waals surface area contributed by atoms with Gasteiger partial charge >= 0.3 is 17.8 Å². The summed E-state index contributed by atoms with van der Waals surface area (Å²) in [6.45, 7) is -0.787. The molecule has 0 aromatic carbocycles. The molecule has 0 bridgehead atoms. The number of ether oxygens (including phenoxy) is 1. The first kappa shape index (κ1) is 17.7. The average molecular weight is 325 g/mol. The molecule has 0 aliphatic carbocycles. The molecule has 1 fully saturated rings. The predicted molar refractivity (Wildman–Crippen MR) is 65.5 cm³/mol. The highest BCUT2D eigenvalue weighted by atomic mass is 19.3. The van der Waals surface area contributed by atoms with Gasteiger partial charge in [0.1, 0.15) is 11.9 Å². The van der Waals surface area contributed by atoms with Gasteiger partial charge in [-0.3, -0.25) is 4.57 Å². The Balaban J connectivity index is 0.000000541. The number of rotatable bonds is 2. The maximum atomic E-state index is 13.7. The first-order valence-electron chi connectivity index (χ1n) is 5.70. The Labute approximate surface area is 121 Å². The van der Waals surface area contributed by atoms with E-state index in [4.69, 9.17) is 30.6 Å². The van der Waals surface area contributed by atoms with Crippen molar-refractivity contribution in [3.63, 3.8) is 0 Å². The van der Waals surface area contributed by atoms with E-state index in [0.29, 0.717) is 4.57 Å². The molecule has 0 saturated carbocycles. The lowest BCUT2D eigenvalue weighted by molar-refractivity contribution is -0.140. The molecule has 10 nitrogen and oxygen atoms in total. The predicted octanol–water partition coefficient (Wildman–Crippen LogP) is -1.07. The molecule has 1 saturated heterocycles. The fraction of sp³-hybridized carbons (Fsp3) is 0.500. The molecule has 2 heterocycles. The monoisotopic (exact) mass is 325 g/mol. The van der Waals surface area contributed by atoms with Crippen molar-refractivity contribution >= 4 is 12.0 Å². The molecular formula is C10H13F2N3O7. The quantitative estimate of drug-likeness (QED) is 0.454. The molecular weight excluding hydrogens is 312 g/mol. The molecule has 1 aromatic heterocycles. The minimum absolute atomic E-state index is 0.114. The van der Waals surface area contributed by atoms with E-state index in [2.05, 4.69) is 4.98 Å². The minimum Gasteiger partial charge on any atom is -0.450 e. The maximum absolute atomic E-state index is 13.7. The van der Waals surface area contributed by atoms with Crippen LogP contribution in [0.25, 0.3) is 0 Å². The van der Waals surface area contributed by atoms with Crippen LogP contribution in [0.4, 0.5) is 19.4 Å². The topological polar surface area (TPSA) is 168 Å². The molecule has 12 heteroatoms. The van der Waals surface area contributed by atoms with Gasteiger partial charge in [-0.25, -0.2) is 9.59 Å². The van der Waals surface area contributed by atoms with Crippen LogP contribution in [-0.4, -0.2) is 60.9 Å². The number of nitrogen functional groups attached to an aromatic ring is 1. The number of aliphatic hydroxyl groups excluding tert-OH is 2. The third-order valence-corrected chi connectivity index (χ3v) is 2.66. The second-order valence-corrected chi connectivity index (χ2v) is 4.15. The number of hydrogen-bond acceptors (Lipinski definition) is 7. The van der Waals surface area contributed by atoms with Crippen molar-refractivity contribution in [2.45, 2.75) is 24.4 Å². The van der Waals surface area contributed by atoms with Gasteiger partial charge in [-0.1, -0.05) is 0 Å². The Morgan fingerprint density at radius 1 is 1.50 bits per heavy atom. The zero-order valence-corrected chi connectivity index (χ0v) is 10.8. The zero-order chi connectivity index (χ0) is 17.1. The van der Waals surface area contributed by atoms with Crippen molar-refractivity contribution in [1.82, 2.24) is 9.55 Å². The molecule has 1 aromatic rings. The average Bonchev–Trinajstić information content (AvgIpc) is 2.61. The van der Waals surface area contributed by atoms with Gasteiger partial charge in [0.2, 0.25) is 6.23 Å². The van der Waals surface area contributed by atoms with Crippen LogP contribution in [0.1, 0.15) is 6.23 Å². The summed E-state index contributed by atoms with van der Waals surface area (Å²) in [4.78, 5) is 23.3. The van der Waals surface area contributed by atoms with E-state index in [1.54, 1.807) is 0 Å². The SMILES string of the molecule is Nc1ccn([C@@H]2O[C@H](CO)[C@@H](O)C2(F)F)c(=O)n1.O=C(O)O. The highest BCUT2D eigenvalue weighted by Crippen LogP contribution is 2.41. The van der Waals surface area contributed by atoms with Gasteiger partial charge < -0.3 is 30.9 Å². The van der Waals surface area contributed by atoms with Crippen LogP contribution in [0.15, 0.2) is 17.1 Å². The molecule has 0 spiro atoms. The van der Waals surface area contributed by atoms with E-state index in [1.165, 1.54) is 0 Å². The van der Waals surface area contributed by atoms with Crippen molar-refractivity contribution in [3.8, 4) is 0 Å². The lowest BCUT2D eigenvalue weighted by Crippen LogP contribution is -2.41. The standard InChI is InChI=1S/C9H11F2N3O4.CH2O3/c10-9(11)6(16)4(3-15)18-7(9)14-2-1-5(12)13-8(14)17;2-1(3)4/h1-2,4,6-7,15-16H,3H2,(H2,12,13,17);(H2,2,3,4)/t4-,6-,7-;/m1./s1. The van der Waals surface area contributed by atoms with E-state index in [-0.39, 0.29) is 5.82 Å². The second kappa shape index (κ2) is 6.64. The minimum atomic E-state index is -3.71. The van der Waals surface area contributed by atoms with Crippen molar-refractivity contribution in [1.29, 1.82) is 0 Å². The molecule has 1 aliphatic rings. The maximum Gasteiger partial charge on any atom is 0.503 e. The van der Waals surface area contributed by atoms with Crippen molar-refractivity contribution < 1.29 is 38.7 Å². The van der Waals surface area contributed by atoms with Crippen LogP contribution < -0.4 is 11.4 Å². The number of halogens is 2. The molecule has 1 aliphatic heterocycles. The van der Waals surface area contributed by atoms with Crippen LogP contribution in [0, 0.1) is 0 Å². The van der Waals surface area contributed by atoms with E-state index in [0.717, 1.165) is 12.3 Å². The van der Waals surface area contributed by atoms with Gasteiger partial charge in [0.15, 0.2) is 6.10 Å². The number of alkyl halides is 2. The molecule has 0 radical (unpaired) electrons. The molecule has 0 unspecified atom stereocenters. The van der Waals surface area contributed by atoms with Gasteiger partial charge in [0, 0.05) is 6.20 Å². The molecule has 22 heavy (non-hydrogen) atoms. The zero-order valence-electron chi connectivity index (χ0n) is 10.8. The normalized spacial score (nSPS) is 26.1. The van der Waals surface area contributed by atoms with Gasteiger partial charge in [-0.05, 0) is 6.07 Å². The van der Waals surface area contributed by atoms with Crippen molar-refractivity contribution in [2.75, 3.05) is 12.3 Å². The van der Waals surface area contributed by atoms with E-state index in [9.17, 15) is 18.7 Å². The van der Waals surface area contributed by atoms with Gasteiger partial charge in [-0.2, -0.15) is 13.8 Å². The van der Waals surface area contributed by atoms with Crippen LogP contribution in [-0.2, 0) is 4.74 Å². The molecule has 2 rings (SSSR count). The smallest absolute Gasteiger partial charge is 0.450 e. The van der Waals surface area contributed by atoms with E-state index < -0.39 is 42.8 Å². The second-order valence-electron chi connectivity index (χ2n) is 4.15. The fourth-order valence-corrected chi connectivity index (χ4v) is 1.72. The third-order valence-electron chi connectivity index (χ3n) is 2.66. The lowest BCUT2D eigenvalue weighted by Gasteiger charge is -2.20. The Hall–Kier alpha value is -2.31. The third kappa shape index (κ3) is 3.66. The van der Waals surface area contributed by atoms with Crippen LogP contribution in [0.2, 0.25) is 0 Å². The number of aliphatic hydroxyl groups is 2. The summed E-state index contributed by atoms with van der Waals surface area (Å²) in [5.74, 6) is -3.83. The molecule has 6 N–H and O–H groups in total. The lowest BCUT2D eigenvalue weighted by atomic mass is 10.1. The number of carbonyl (C=O) groups is 1. The Morgan fingerprint density at radius 2 is 2.05 bits per heavy atom. The molecule has 3 atom stereocenters.